The lowest BCUT2D eigenvalue weighted by molar-refractivity contribution is 0.0690. The number of nitrogens with one attached hydrogen (secondary N) is 1. The van der Waals surface area contributed by atoms with Crippen LogP contribution in [0.15, 0.2) is 24.7 Å². The first-order chi connectivity index (χ1) is 9.49. The molecule has 0 fully saturated rings. The number of aromatic carboxylic acids is 1. The molecule has 2 aromatic rings. The topological polar surface area (TPSA) is 80.0 Å². The molecular formula is C14H18N4O2. The molecule has 0 amide bonds. The largest absolute Gasteiger partial charge is 0.476 e. The second kappa shape index (κ2) is 5.83. The molecule has 20 heavy (non-hydrogen) atoms. The fourth-order valence-electron chi connectivity index (χ4n) is 1.84. The van der Waals surface area contributed by atoms with Crippen LogP contribution in [0.1, 0.15) is 35.6 Å². The number of aromatic nitrogens is 3. The van der Waals surface area contributed by atoms with Gasteiger partial charge in [-0.2, -0.15) is 0 Å². The van der Waals surface area contributed by atoms with Gasteiger partial charge < -0.3 is 10.4 Å². The zero-order chi connectivity index (χ0) is 14.7. The van der Waals surface area contributed by atoms with Crippen LogP contribution in [-0.4, -0.2) is 31.7 Å². The lowest BCUT2D eigenvalue weighted by Gasteiger charge is -2.09. The van der Waals surface area contributed by atoms with Crippen molar-refractivity contribution in [2.75, 3.05) is 0 Å². The monoisotopic (exact) mass is 274 g/mol. The minimum absolute atomic E-state index is 0.0531. The summed E-state index contributed by atoms with van der Waals surface area (Å²) in [5.41, 5.74) is 1.70. The van der Waals surface area contributed by atoms with Gasteiger partial charge in [0, 0.05) is 18.8 Å². The summed E-state index contributed by atoms with van der Waals surface area (Å²) in [5, 5.41) is 12.3. The van der Waals surface area contributed by atoms with E-state index in [1.165, 1.54) is 6.33 Å². The zero-order valence-corrected chi connectivity index (χ0v) is 11.8. The van der Waals surface area contributed by atoms with E-state index in [0.29, 0.717) is 17.6 Å². The van der Waals surface area contributed by atoms with Crippen LogP contribution in [0.4, 0.5) is 0 Å². The van der Waals surface area contributed by atoms with Crippen LogP contribution in [0.25, 0.3) is 5.82 Å². The lowest BCUT2D eigenvalue weighted by atomic mass is 10.2. The Labute approximate surface area is 117 Å². The van der Waals surface area contributed by atoms with Crippen molar-refractivity contribution in [1.82, 2.24) is 19.9 Å². The van der Waals surface area contributed by atoms with Gasteiger partial charge in [0.1, 0.15) is 12.1 Å². The fourth-order valence-corrected chi connectivity index (χ4v) is 1.84. The van der Waals surface area contributed by atoms with Gasteiger partial charge in [0.15, 0.2) is 5.69 Å². The molecule has 0 radical (unpaired) electrons. The summed E-state index contributed by atoms with van der Waals surface area (Å²) in [6.45, 7) is 6.65. The first kappa shape index (κ1) is 14.2. The molecule has 2 heterocycles. The van der Waals surface area contributed by atoms with E-state index in [1.54, 1.807) is 17.7 Å². The molecule has 2 rings (SSSR count). The number of hydrogen-bond donors (Lipinski definition) is 2. The van der Waals surface area contributed by atoms with E-state index in [9.17, 15) is 4.79 Å². The standard InChI is InChI=1S/C14H18N4O2/c1-9(2)15-6-11-4-5-12(16-7-11)18-8-17-13(10(18)3)14(19)20/h4-5,7-9,15H,6H2,1-3H3,(H,19,20). The number of hydrogen-bond acceptors (Lipinski definition) is 4. The Morgan fingerprint density at radius 2 is 2.15 bits per heavy atom. The van der Waals surface area contributed by atoms with Crippen LogP contribution >= 0.6 is 0 Å². The number of carbonyl (C=O) groups is 1. The second-order valence-electron chi connectivity index (χ2n) is 4.91. The van der Waals surface area contributed by atoms with Gasteiger partial charge >= 0.3 is 5.97 Å². The summed E-state index contributed by atoms with van der Waals surface area (Å²) in [7, 11) is 0. The molecule has 0 bridgehead atoms. The van der Waals surface area contributed by atoms with Crippen molar-refractivity contribution in [3.63, 3.8) is 0 Å². The summed E-state index contributed by atoms with van der Waals surface area (Å²) >= 11 is 0. The molecule has 2 aromatic heterocycles. The molecule has 0 atom stereocenters. The van der Waals surface area contributed by atoms with E-state index in [1.807, 2.05) is 12.1 Å². The highest BCUT2D eigenvalue weighted by atomic mass is 16.4. The predicted octanol–water partition coefficient (Wildman–Crippen LogP) is 1.77. The number of nitrogens with zero attached hydrogens (tertiary/aromatic N) is 3. The van der Waals surface area contributed by atoms with Gasteiger partial charge in [-0.15, -0.1) is 0 Å². The highest BCUT2D eigenvalue weighted by Crippen LogP contribution is 2.12. The molecule has 0 unspecified atom stereocenters. The van der Waals surface area contributed by atoms with Crippen LogP contribution in [-0.2, 0) is 6.54 Å². The van der Waals surface area contributed by atoms with Crippen molar-refractivity contribution < 1.29 is 9.90 Å². The third-order valence-electron chi connectivity index (χ3n) is 2.98. The first-order valence-electron chi connectivity index (χ1n) is 6.45. The number of rotatable bonds is 5. The van der Waals surface area contributed by atoms with Gasteiger partial charge in [0.25, 0.3) is 0 Å². The molecule has 0 saturated carbocycles. The number of pyridine rings is 1. The third-order valence-corrected chi connectivity index (χ3v) is 2.98. The van der Waals surface area contributed by atoms with E-state index in [2.05, 4.69) is 29.1 Å². The number of imidazole rings is 1. The Hall–Kier alpha value is -2.21. The number of carboxylic acid groups (broad SMARTS) is 1. The van der Waals surface area contributed by atoms with Crippen LogP contribution in [0.5, 0.6) is 0 Å². The average Bonchev–Trinajstić information content (AvgIpc) is 2.79. The molecule has 0 aliphatic carbocycles. The van der Waals surface area contributed by atoms with Crippen LogP contribution in [0.3, 0.4) is 0 Å². The molecule has 0 saturated heterocycles. The SMILES string of the molecule is Cc1c(C(=O)O)ncn1-c1ccc(CNC(C)C)cn1. The van der Waals surface area contributed by atoms with Crippen LogP contribution < -0.4 is 5.32 Å². The Bertz CT molecular complexity index is 602. The van der Waals surface area contributed by atoms with Crippen molar-refractivity contribution in [2.45, 2.75) is 33.4 Å². The maximum absolute atomic E-state index is 11.0. The minimum Gasteiger partial charge on any atom is -0.476 e. The summed E-state index contributed by atoms with van der Waals surface area (Å²) in [6, 6.07) is 4.25. The van der Waals surface area contributed by atoms with E-state index >= 15 is 0 Å². The van der Waals surface area contributed by atoms with Gasteiger partial charge in [0.2, 0.25) is 0 Å². The lowest BCUT2D eigenvalue weighted by Crippen LogP contribution is -2.21. The Kier molecular flexibility index (Phi) is 4.14. The molecule has 6 nitrogen and oxygen atoms in total. The Balaban J connectivity index is 2.20. The minimum atomic E-state index is -1.03. The quantitative estimate of drug-likeness (QED) is 0.868. The molecule has 0 aliphatic heterocycles. The Morgan fingerprint density at radius 1 is 1.40 bits per heavy atom. The third kappa shape index (κ3) is 3.03. The summed E-state index contributed by atoms with van der Waals surface area (Å²) in [6.07, 6.45) is 3.26. The smallest absolute Gasteiger partial charge is 0.356 e. The average molecular weight is 274 g/mol. The molecule has 0 spiro atoms. The van der Waals surface area contributed by atoms with Crippen LogP contribution in [0.2, 0.25) is 0 Å². The number of carboxylic acids is 1. The highest BCUT2D eigenvalue weighted by molar-refractivity contribution is 5.86. The highest BCUT2D eigenvalue weighted by Gasteiger charge is 2.14. The van der Waals surface area contributed by atoms with Crippen molar-refractivity contribution in [1.29, 1.82) is 0 Å². The molecule has 0 aliphatic rings. The van der Waals surface area contributed by atoms with E-state index in [0.717, 1.165) is 12.1 Å². The molecule has 6 heteroatoms. The summed E-state index contributed by atoms with van der Waals surface area (Å²) < 4.78 is 1.67. The van der Waals surface area contributed by atoms with Crippen LogP contribution in [0, 0.1) is 6.92 Å². The normalized spacial score (nSPS) is 11.0. The van der Waals surface area contributed by atoms with Gasteiger partial charge in [-0.05, 0) is 18.6 Å². The van der Waals surface area contributed by atoms with Crippen molar-refractivity contribution in [3.8, 4) is 5.82 Å². The van der Waals surface area contributed by atoms with Crippen molar-refractivity contribution in [2.24, 2.45) is 0 Å². The van der Waals surface area contributed by atoms with Crippen molar-refractivity contribution in [3.05, 3.63) is 41.6 Å². The molecular weight excluding hydrogens is 256 g/mol. The van der Waals surface area contributed by atoms with Gasteiger partial charge in [-0.1, -0.05) is 19.9 Å². The van der Waals surface area contributed by atoms with Crippen molar-refractivity contribution >= 4 is 5.97 Å². The van der Waals surface area contributed by atoms with Gasteiger partial charge in [0.05, 0.1) is 5.69 Å². The molecule has 0 aromatic carbocycles. The zero-order valence-electron chi connectivity index (χ0n) is 11.8. The summed E-state index contributed by atoms with van der Waals surface area (Å²) in [4.78, 5) is 19.2. The van der Waals surface area contributed by atoms with E-state index in [4.69, 9.17) is 5.11 Å². The first-order valence-corrected chi connectivity index (χ1v) is 6.45. The molecule has 2 N–H and O–H groups in total. The van der Waals surface area contributed by atoms with Gasteiger partial charge in [-0.25, -0.2) is 14.8 Å². The van der Waals surface area contributed by atoms with E-state index < -0.39 is 5.97 Å². The fraction of sp³-hybridized carbons (Fsp3) is 0.357. The van der Waals surface area contributed by atoms with Gasteiger partial charge in [-0.3, -0.25) is 4.57 Å². The maximum Gasteiger partial charge on any atom is 0.356 e. The predicted molar refractivity (Wildman–Crippen MR) is 75.0 cm³/mol. The maximum atomic E-state index is 11.0. The molecule has 106 valence electrons. The second-order valence-corrected chi connectivity index (χ2v) is 4.91. The summed E-state index contributed by atoms with van der Waals surface area (Å²) in [5.74, 6) is -0.366. The van der Waals surface area contributed by atoms with E-state index in [-0.39, 0.29) is 5.69 Å². The Morgan fingerprint density at radius 3 is 2.65 bits per heavy atom.